The number of halogens is 4. The highest BCUT2D eigenvalue weighted by atomic mass is 35.5. The van der Waals surface area contributed by atoms with E-state index >= 15 is 0 Å². The van der Waals surface area contributed by atoms with Crippen molar-refractivity contribution in [3.63, 3.8) is 0 Å². The van der Waals surface area contributed by atoms with Gasteiger partial charge in [-0.1, -0.05) is 11.6 Å². The first kappa shape index (κ1) is 14.7. The summed E-state index contributed by atoms with van der Waals surface area (Å²) in [5.41, 5.74) is 0. The lowest BCUT2D eigenvalue weighted by Crippen LogP contribution is -2.11. The zero-order valence-corrected chi connectivity index (χ0v) is 11.2. The third-order valence-corrected chi connectivity index (χ3v) is 3.97. The van der Waals surface area contributed by atoms with Gasteiger partial charge in [0.05, 0.1) is 5.02 Å². The van der Waals surface area contributed by atoms with Gasteiger partial charge < -0.3 is 4.18 Å². The van der Waals surface area contributed by atoms with Crippen LogP contribution in [0.5, 0.6) is 5.75 Å². The second-order valence-corrected chi connectivity index (χ2v) is 5.61. The lowest BCUT2D eigenvalue weighted by molar-refractivity contribution is 0.457. The van der Waals surface area contributed by atoms with Crippen LogP contribution in [0.25, 0.3) is 0 Å². The fourth-order valence-corrected chi connectivity index (χ4v) is 2.80. The highest BCUT2D eigenvalue weighted by Gasteiger charge is 2.23. The molecular formula is C12H6ClF3O3S. The Morgan fingerprint density at radius 3 is 2.20 bits per heavy atom. The molecule has 8 heteroatoms. The topological polar surface area (TPSA) is 43.4 Å². The molecule has 0 heterocycles. The van der Waals surface area contributed by atoms with Crippen LogP contribution in [0.2, 0.25) is 5.02 Å². The zero-order valence-electron chi connectivity index (χ0n) is 9.61. The van der Waals surface area contributed by atoms with Crippen LogP contribution in [0, 0.1) is 17.5 Å². The van der Waals surface area contributed by atoms with E-state index in [1.165, 1.54) is 0 Å². The first-order valence-corrected chi connectivity index (χ1v) is 6.93. The lowest BCUT2D eigenvalue weighted by atomic mass is 10.3. The molecule has 0 unspecified atom stereocenters. The van der Waals surface area contributed by atoms with Crippen molar-refractivity contribution in [3.05, 3.63) is 58.9 Å². The van der Waals surface area contributed by atoms with Crippen molar-refractivity contribution in [3.8, 4) is 5.75 Å². The van der Waals surface area contributed by atoms with Gasteiger partial charge in [-0.25, -0.2) is 13.2 Å². The minimum atomic E-state index is -4.54. The molecule has 0 spiro atoms. The van der Waals surface area contributed by atoms with Gasteiger partial charge in [0.25, 0.3) is 0 Å². The molecule has 0 saturated carbocycles. The number of hydrogen-bond acceptors (Lipinski definition) is 3. The van der Waals surface area contributed by atoms with Gasteiger partial charge in [0, 0.05) is 6.07 Å². The van der Waals surface area contributed by atoms with Gasteiger partial charge in [-0.2, -0.15) is 8.42 Å². The number of hydrogen-bond donors (Lipinski definition) is 0. The Bertz CT molecular complexity index is 763. The van der Waals surface area contributed by atoms with E-state index in [1.54, 1.807) is 0 Å². The molecule has 3 nitrogen and oxygen atoms in total. The zero-order chi connectivity index (χ0) is 14.9. The van der Waals surface area contributed by atoms with Gasteiger partial charge in [0.1, 0.15) is 16.5 Å². The molecule has 0 bridgehead atoms. The van der Waals surface area contributed by atoms with E-state index in [0.717, 1.165) is 24.3 Å². The van der Waals surface area contributed by atoms with Gasteiger partial charge >= 0.3 is 10.1 Å². The summed E-state index contributed by atoms with van der Waals surface area (Å²) >= 11 is 5.63. The number of benzene rings is 2. The van der Waals surface area contributed by atoms with Gasteiger partial charge in [-0.15, -0.1) is 0 Å². The Morgan fingerprint density at radius 1 is 0.950 bits per heavy atom. The van der Waals surface area contributed by atoms with Crippen LogP contribution in [0.1, 0.15) is 0 Å². The average molecular weight is 323 g/mol. The Morgan fingerprint density at radius 2 is 1.55 bits per heavy atom. The van der Waals surface area contributed by atoms with Crippen molar-refractivity contribution in [2.45, 2.75) is 4.90 Å². The predicted molar refractivity (Wildman–Crippen MR) is 65.6 cm³/mol. The summed E-state index contributed by atoms with van der Waals surface area (Å²) in [5, 5.41) is -0.283. The molecule has 0 atom stereocenters. The predicted octanol–water partition coefficient (Wildman–Crippen LogP) is 3.53. The quantitative estimate of drug-likeness (QED) is 0.812. The van der Waals surface area contributed by atoms with E-state index in [2.05, 4.69) is 4.18 Å². The molecule has 0 aliphatic heterocycles. The first-order valence-electron chi connectivity index (χ1n) is 5.14. The molecule has 20 heavy (non-hydrogen) atoms. The van der Waals surface area contributed by atoms with Gasteiger partial charge in [0.15, 0.2) is 11.6 Å². The first-order chi connectivity index (χ1) is 9.29. The van der Waals surface area contributed by atoms with Gasteiger partial charge in [-0.3, -0.25) is 0 Å². The Balaban J connectivity index is 2.43. The maximum absolute atomic E-state index is 13.3. The fourth-order valence-electron chi connectivity index (χ4n) is 1.37. The van der Waals surface area contributed by atoms with E-state index < -0.39 is 38.2 Å². The van der Waals surface area contributed by atoms with Crippen LogP contribution < -0.4 is 4.18 Å². The minimum absolute atomic E-state index is 0.283. The van der Waals surface area contributed by atoms with Crippen LogP contribution in [-0.2, 0) is 10.1 Å². The fraction of sp³-hybridized carbons (Fsp3) is 0. The normalized spacial score (nSPS) is 11.4. The molecule has 0 aromatic heterocycles. The standard InChI is InChI=1S/C12H6ClF3O3S/c13-9-3-1-8(15)6-12(9)20(17,18)19-11-4-2-7(14)5-10(11)16/h1-6H. The number of rotatable bonds is 3. The van der Waals surface area contributed by atoms with Gasteiger partial charge in [0.2, 0.25) is 0 Å². The highest BCUT2D eigenvalue weighted by molar-refractivity contribution is 7.87. The lowest BCUT2D eigenvalue weighted by Gasteiger charge is -2.09. The molecule has 0 aliphatic carbocycles. The van der Waals surface area contributed by atoms with Crippen molar-refractivity contribution in [1.29, 1.82) is 0 Å². The minimum Gasteiger partial charge on any atom is -0.376 e. The third-order valence-electron chi connectivity index (χ3n) is 2.26. The van der Waals surface area contributed by atoms with Crippen LogP contribution in [0.3, 0.4) is 0 Å². The Hall–Kier alpha value is -1.73. The van der Waals surface area contributed by atoms with Crippen molar-refractivity contribution >= 4 is 21.7 Å². The summed E-state index contributed by atoms with van der Waals surface area (Å²) in [7, 11) is -4.54. The van der Waals surface area contributed by atoms with Crippen molar-refractivity contribution in [1.82, 2.24) is 0 Å². The summed E-state index contributed by atoms with van der Waals surface area (Å²) in [6.45, 7) is 0. The molecule has 0 aliphatic rings. The smallest absolute Gasteiger partial charge is 0.340 e. The van der Waals surface area contributed by atoms with Crippen LogP contribution >= 0.6 is 11.6 Å². The van der Waals surface area contributed by atoms with Crippen molar-refractivity contribution in [2.75, 3.05) is 0 Å². The Labute approximate surface area is 117 Å². The summed E-state index contributed by atoms with van der Waals surface area (Å²) in [4.78, 5) is -0.650. The summed E-state index contributed by atoms with van der Waals surface area (Å²) in [5.74, 6) is -3.67. The summed E-state index contributed by atoms with van der Waals surface area (Å²) in [6, 6.07) is 4.70. The molecule has 106 valence electrons. The van der Waals surface area contributed by atoms with E-state index in [1.807, 2.05) is 0 Å². The third kappa shape index (κ3) is 3.05. The van der Waals surface area contributed by atoms with E-state index in [0.29, 0.717) is 12.1 Å². The van der Waals surface area contributed by atoms with Crippen molar-refractivity contribution in [2.24, 2.45) is 0 Å². The molecule has 0 N–H and O–H groups in total. The van der Waals surface area contributed by atoms with Crippen LogP contribution in [0.15, 0.2) is 41.3 Å². The average Bonchev–Trinajstić information content (AvgIpc) is 2.35. The van der Waals surface area contributed by atoms with Crippen LogP contribution in [0.4, 0.5) is 13.2 Å². The second kappa shape index (κ2) is 5.34. The molecule has 2 aromatic carbocycles. The largest absolute Gasteiger partial charge is 0.376 e. The molecule has 2 aromatic rings. The summed E-state index contributed by atoms with van der Waals surface area (Å²) < 4.78 is 67.3. The van der Waals surface area contributed by atoms with E-state index in [-0.39, 0.29) is 5.02 Å². The second-order valence-electron chi connectivity index (χ2n) is 3.69. The van der Waals surface area contributed by atoms with Crippen molar-refractivity contribution < 1.29 is 25.8 Å². The molecule has 2 rings (SSSR count). The SMILES string of the molecule is O=S(=O)(Oc1ccc(F)cc1F)c1cc(F)ccc1Cl. The van der Waals surface area contributed by atoms with E-state index in [9.17, 15) is 21.6 Å². The monoisotopic (exact) mass is 322 g/mol. The van der Waals surface area contributed by atoms with Gasteiger partial charge in [-0.05, 0) is 30.3 Å². The maximum atomic E-state index is 13.3. The maximum Gasteiger partial charge on any atom is 0.340 e. The molecular weight excluding hydrogens is 317 g/mol. The van der Waals surface area contributed by atoms with Crippen LogP contribution in [-0.4, -0.2) is 8.42 Å². The molecule has 0 radical (unpaired) electrons. The highest BCUT2D eigenvalue weighted by Crippen LogP contribution is 2.27. The molecule has 0 saturated heterocycles. The molecule has 0 amide bonds. The molecule has 0 fully saturated rings. The Kier molecular flexibility index (Phi) is 3.92. The van der Waals surface area contributed by atoms with E-state index in [4.69, 9.17) is 11.6 Å². The summed E-state index contributed by atoms with van der Waals surface area (Å²) in [6.07, 6.45) is 0.